The van der Waals surface area contributed by atoms with Crippen molar-refractivity contribution < 1.29 is 19.1 Å². The maximum Gasteiger partial charge on any atom is 0.162 e. The first-order chi connectivity index (χ1) is 11.3. The lowest BCUT2D eigenvalue weighted by Crippen LogP contribution is -1.97. The smallest absolute Gasteiger partial charge is 0.162 e. The SMILES string of the molecule is COc1ccc(COc2ccccc2-c2cc(CO)on2)cc1. The van der Waals surface area contributed by atoms with Crippen molar-refractivity contribution in [1.29, 1.82) is 0 Å². The molecule has 0 saturated carbocycles. The monoisotopic (exact) mass is 311 g/mol. The third kappa shape index (κ3) is 3.52. The van der Waals surface area contributed by atoms with Crippen molar-refractivity contribution in [3.63, 3.8) is 0 Å². The zero-order valence-electron chi connectivity index (χ0n) is 12.7. The van der Waals surface area contributed by atoms with Crippen LogP contribution in [0.25, 0.3) is 11.3 Å². The molecule has 23 heavy (non-hydrogen) atoms. The quantitative estimate of drug-likeness (QED) is 0.755. The average molecular weight is 311 g/mol. The highest BCUT2D eigenvalue weighted by Gasteiger charge is 2.11. The van der Waals surface area contributed by atoms with Crippen LogP contribution in [0.15, 0.2) is 59.1 Å². The minimum absolute atomic E-state index is 0.179. The molecule has 5 heteroatoms. The number of rotatable bonds is 6. The Balaban J connectivity index is 1.77. The van der Waals surface area contributed by atoms with E-state index in [0.717, 1.165) is 16.9 Å². The second kappa shape index (κ2) is 6.98. The van der Waals surface area contributed by atoms with Crippen LogP contribution in [0.1, 0.15) is 11.3 Å². The molecule has 0 amide bonds. The minimum atomic E-state index is -0.179. The fourth-order valence-electron chi connectivity index (χ4n) is 2.20. The molecule has 1 N–H and O–H groups in total. The van der Waals surface area contributed by atoms with Crippen LogP contribution in [0, 0.1) is 0 Å². The molecular formula is C18H17NO4. The lowest BCUT2D eigenvalue weighted by molar-refractivity contribution is 0.229. The Morgan fingerprint density at radius 2 is 1.87 bits per heavy atom. The third-order valence-electron chi connectivity index (χ3n) is 3.43. The molecule has 5 nitrogen and oxygen atoms in total. The molecule has 0 saturated heterocycles. The van der Waals surface area contributed by atoms with Crippen LogP contribution < -0.4 is 9.47 Å². The van der Waals surface area contributed by atoms with E-state index in [1.807, 2.05) is 48.5 Å². The highest BCUT2D eigenvalue weighted by atomic mass is 16.5. The molecular weight excluding hydrogens is 294 g/mol. The first kappa shape index (κ1) is 15.1. The highest BCUT2D eigenvalue weighted by molar-refractivity contribution is 5.66. The number of hydrogen-bond donors (Lipinski definition) is 1. The number of aromatic nitrogens is 1. The fraction of sp³-hybridized carbons (Fsp3) is 0.167. The molecule has 0 atom stereocenters. The number of nitrogens with zero attached hydrogens (tertiary/aromatic N) is 1. The Morgan fingerprint density at radius 3 is 2.57 bits per heavy atom. The maximum absolute atomic E-state index is 9.09. The number of aliphatic hydroxyl groups is 1. The number of aliphatic hydroxyl groups excluding tert-OH is 1. The number of benzene rings is 2. The van der Waals surface area contributed by atoms with Crippen molar-refractivity contribution in [3.05, 3.63) is 65.9 Å². The van der Waals surface area contributed by atoms with Gasteiger partial charge in [-0.25, -0.2) is 0 Å². The Bertz CT molecular complexity index is 765. The van der Waals surface area contributed by atoms with E-state index in [9.17, 15) is 0 Å². The molecule has 0 radical (unpaired) electrons. The summed E-state index contributed by atoms with van der Waals surface area (Å²) in [6.07, 6.45) is 0. The van der Waals surface area contributed by atoms with E-state index in [1.165, 1.54) is 0 Å². The summed E-state index contributed by atoms with van der Waals surface area (Å²) in [5.41, 5.74) is 2.50. The van der Waals surface area contributed by atoms with Crippen LogP contribution in [0.3, 0.4) is 0 Å². The molecule has 1 aromatic heterocycles. The molecule has 3 rings (SSSR count). The van der Waals surface area contributed by atoms with Crippen molar-refractivity contribution in [2.75, 3.05) is 7.11 Å². The molecule has 0 fully saturated rings. The summed E-state index contributed by atoms with van der Waals surface area (Å²) in [5.74, 6) is 1.94. The summed E-state index contributed by atoms with van der Waals surface area (Å²) in [6, 6.07) is 17.0. The highest BCUT2D eigenvalue weighted by Crippen LogP contribution is 2.30. The maximum atomic E-state index is 9.09. The van der Waals surface area contributed by atoms with Crippen LogP contribution in [-0.4, -0.2) is 17.4 Å². The van der Waals surface area contributed by atoms with Gasteiger partial charge in [0.2, 0.25) is 0 Å². The van der Waals surface area contributed by atoms with E-state index >= 15 is 0 Å². The van der Waals surface area contributed by atoms with E-state index < -0.39 is 0 Å². The Labute approximate surface area is 134 Å². The van der Waals surface area contributed by atoms with Crippen LogP contribution in [0.5, 0.6) is 11.5 Å². The summed E-state index contributed by atoms with van der Waals surface area (Å²) in [4.78, 5) is 0. The van der Waals surface area contributed by atoms with E-state index in [1.54, 1.807) is 13.2 Å². The van der Waals surface area contributed by atoms with Gasteiger partial charge in [-0.15, -0.1) is 0 Å². The predicted molar refractivity (Wildman–Crippen MR) is 85.2 cm³/mol. The van der Waals surface area contributed by atoms with Crippen molar-refractivity contribution in [1.82, 2.24) is 5.16 Å². The zero-order valence-corrected chi connectivity index (χ0v) is 12.7. The summed E-state index contributed by atoms with van der Waals surface area (Å²) in [5, 5.41) is 13.1. The van der Waals surface area contributed by atoms with Crippen LogP contribution in [-0.2, 0) is 13.2 Å². The van der Waals surface area contributed by atoms with Gasteiger partial charge in [0.15, 0.2) is 5.76 Å². The lowest BCUT2D eigenvalue weighted by atomic mass is 10.1. The van der Waals surface area contributed by atoms with Gasteiger partial charge in [-0.1, -0.05) is 29.4 Å². The number of methoxy groups -OCH3 is 1. The van der Waals surface area contributed by atoms with E-state index in [0.29, 0.717) is 23.8 Å². The Hall–Kier alpha value is -2.79. The molecule has 3 aromatic rings. The van der Waals surface area contributed by atoms with Crippen molar-refractivity contribution in [2.24, 2.45) is 0 Å². The normalized spacial score (nSPS) is 10.5. The van der Waals surface area contributed by atoms with Gasteiger partial charge in [0.05, 0.1) is 7.11 Å². The van der Waals surface area contributed by atoms with Gasteiger partial charge in [-0.05, 0) is 29.8 Å². The van der Waals surface area contributed by atoms with E-state index in [-0.39, 0.29) is 6.61 Å². The summed E-state index contributed by atoms with van der Waals surface area (Å²) in [7, 11) is 1.64. The summed E-state index contributed by atoms with van der Waals surface area (Å²) >= 11 is 0. The number of hydrogen-bond acceptors (Lipinski definition) is 5. The van der Waals surface area contributed by atoms with Crippen LogP contribution >= 0.6 is 0 Å². The molecule has 0 bridgehead atoms. The van der Waals surface area contributed by atoms with Crippen molar-refractivity contribution >= 4 is 0 Å². The van der Waals surface area contributed by atoms with Gasteiger partial charge in [0.1, 0.15) is 30.4 Å². The summed E-state index contributed by atoms with van der Waals surface area (Å²) in [6.45, 7) is 0.258. The lowest BCUT2D eigenvalue weighted by Gasteiger charge is -2.10. The first-order valence-electron chi connectivity index (χ1n) is 7.21. The second-order valence-corrected chi connectivity index (χ2v) is 4.97. The standard InChI is InChI=1S/C18H17NO4/c1-21-14-8-6-13(7-9-14)12-22-18-5-3-2-4-16(18)17-10-15(11-20)23-19-17/h2-10,20H,11-12H2,1H3. The minimum Gasteiger partial charge on any atom is -0.497 e. The molecule has 0 aliphatic rings. The second-order valence-electron chi connectivity index (χ2n) is 4.97. The molecule has 0 spiro atoms. The largest absolute Gasteiger partial charge is 0.497 e. The van der Waals surface area contributed by atoms with Gasteiger partial charge < -0.3 is 19.1 Å². The number of para-hydroxylation sites is 1. The van der Waals surface area contributed by atoms with Gasteiger partial charge in [0.25, 0.3) is 0 Å². The van der Waals surface area contributed by atoms with Crippen LogP contribution in [0.2, 0.25) is 0 Å². The zero-order chi connectivity index (χ0) is 16.1. The Morgan fingerprint density at radius 1 is 1.09 bits per heavy atom. The molecule has 0 aliphatic heterocycles. The van der Waals surface area contributed by atoms with Crippen molar-refractivity contribution in [3.8, 4) is 22.8 Å². The van der Waals surface area contributed by atoms with E-state index in [2.05, 4.69) is 5.16 Å². The van der Waals surface area contributed by atoms with Crippen LogP contribution in [0.4, 0.5) is 0 Å². The van der Waals surface area contributed by atoms with Gasteiger partial charge in [-0.3, -0.25) is 0 Å². The fourth-order valence-corrected chi connectivity index (χ4v) is 2.20. The third-order valence-corrected chi connectivity index (χ3v) is 3.43. The molecule has 118 valence electrons. The van der Waals surface area contributed by atoms with Gasteiger partial charge in [0, 0.05) is 11.6 Å². The molecule has 1 heterocycles. The van der Waals surface area contributed by atoms with Gasteiger partial charge in [-0.2, -0.15) is 0 Å². The van der Waals surface area contributed by atoms with E-state index in [4.69, 9.17) is 19.1 Å². The topological polar surface area (TPSA) is 64.7 Å². The molecule has 0 aliphatic carbocycles. The number of ether oxygens (including phenoxy) is 2. The average Bonchev–Trinajstić information content (AvgIpc) is 3.09. The van der Waals surface area contributed by atoms with Crippen molar-refractivity contribution in [2.45, 2.75) is 13.2 Å². The Kier molecular flexibility index (Phi) is 4.59. The summed E-state index contributed by atoms with van der Waals surface area (Å²) < 4.78 is 16.1. The van der Waals surface area contributed by atoms with Gasteiger partial charge >= 0.3 is 0 Å². The molecule has 2 aromatic carbocycles. The first-order valence-corrected chi connectivity index (χ1v) is 7.21. The predicted octanol–water partition coefficient (Wildman–Crippen LogP) is 3.42. The molecule has 0 unspecified atom stereocenters.